The molecule has 0 amide bonds. The summed E-state index contributed by atoms with van der Waals surface area (Å²) in [6.07, 6.45) is -3.16. The average Bonchev–Trinajstić information content (AvgIpc) is 3.09. The van der Waals surface area contributed by atoms with Crippen LogP contribution in [0.5, 0.6) is 0 Å². The molecule has 11 heteroatoms. The number of fused-ring (bicyclic) bond motifs is 1. The lowest BCUT2D eigenvalue weighted by Crippen LogP contribution is -2.49. The molecule has 0 saturated heterocycles. The number of hydrogen-bond acceptors (Lipinski definition) is 5. The molecule has 7 nitrogen and oxygen atoms in total. The number of carbonyl (C=O) groups is 1. The summed E-state index contributed by atoms with van der Waals surface area (Å²) < 4.78 is 73.0. The molecule has 0 aliphatic carbocycles. The molecule has 0 spiro atoms. The first-order valence-corrected chi connectivity index (χ1v) is 10.2. The quantitative estimate of drug-likeness (QED) is 0.696. The minimum absolute atomic E-state index is 0.0148. The molecule has 0 fully saturated rings. The SMILES string of the molecule is COC(=O)[C@@H]1Cc2ncn(C(C)C)c2CN1S(=O)(=O)c1cccc(C(F)(F)F)c1. The van der Waals surface area contributed by atoms with Crippen LogP contribution in [-0.4, -0.2) is 41.4 Å². The summed E-state index contributed by atoms with van der Waals surface area (Å²) in [7, 11) is -3.30. The maximum atomic E-state index is 13.2. The fraction of sp³-hybridized carbons (Fsp3) is 0.444. The van der Waals surface area contributed by atoms with Gasteiger partial charge in [-0.2, -0.15) is 17.5 Å². The van der Waals surface area contributed by atoms with Crippen molar-refractivity contribution >= 4 is 16.0 Å². The van der Waals surface area contributed by atoms with Gasteiger partial charge in [0.2, 0.25) is 10.0 Å². The normalized spacial score (nSPS) is 18.0. The summed E-state index contributed by atoms with van der Waals surface area (Å²) in [5.41, 5.74) is 0.0680. The summed E-state index contributed by atoms with van der Waals surface area (Å²) in [4.78, 5) is 16.0. The van der Waals surface area contributed by atoms with Crippen LogP contribution in [-0.2, 0) is 38.7 Å². The van der Waals surface area contributed by atoms with E-state index in [9.17, 15) is 26.4 Å². The van der Waals surface area contributed by atoms with Gasteiger partial charge in [-0.25, -0.2) is 13.4 Å². The number of halogens is 3. The lowest BCUT2D eigenvalue weighted by molar-refractivity contribution is -0.145. The number of aromatic nitrogens is 2. The Hall–Kier alpha value is -2.40. The number of alkyl halides is 3. The number of nitrogens with zero attached hydrogens (tertiary/aromatic N) is 3. The second-order valence-electron chi connectivity index (χ2n) is 6.96. The molecule has 2 heterocycles. The second kappa shape index (κ2) is 7.45. The van der Waals surface area contributed by atoms with Gasteiger partial charge in [-0.1, -0.05) is 6.07 Å². The molecule has 0 radical (unpaired) electrons. The number of benzene rings is 1. The summed E-state index contributed by atoms with van der Waals surface area (Å²) in [5, 5.41) is 0. The number of ether oxygens (including phenoxy) is 1. The Balaban J connectivity index is 2.10. The largest absolute Gasteiger partial charge is 0.468 e. The lowest BCUT2D eigenvalue weighted by atomic mass is 10.1. The molecule has 0 unspecified atom stereocenters. The molecule has 0 N–H and O–H groups in total. The van der Waals surface area contributed by atoms with Crippen LogP contribution in [0.3, 0.4) is 0 Å². The van der Waals surface area contributed by atoms with Crippen molar-refractivity contribution in [1.29, 1.82) is 0 Å². The summed E-state index contributed by atoms with van der Waals surface area (Å²) >= 11 is 0. The maximum absolute atomic E-state index is 13.2. The van der Waals surface area contributed by atoms with Crippen molar-refractivity contribution in [2.45, 2.75) is 50.0 Å². The van der Waals surface area contributed by atoms with Crippen molar-refractivity contribution < 1.29 is 31.1 Å². The predicted octanol–water partition coefficient (Wildman–Crippen LogP) is 2.77. The van der Waals surface area contributed by atoms with E-state index in [1.54, 1.807) is 10.9 Å². The van der Waals surface area contributed by atoms with E-state index in [1.807, 2.05) is 13.8 Å². The lowest BCUT2D eigenvalue weighted by Gasteiger charge is -2.33. The molecule has 0 saturated carbocycles. The molecule has 158 valence electrons. The zero-order valence-electron chi connectivity index (χ0n) is 16.0. The minimum atomic E-state index is -4.70. The standard InChI is InChI=1S/C18H20F3N3O4S/c1-11(2)23-10-22-14-8-15(17(25)28-3)24(9-16(14)23)29(26,27)13-6-4-5-12(7-13)18(19,20)21/h4-7,10-11,15H,8-9H2,1-3H3/t15-/m0/s1. The van der Waals surface area contributed by atoms with Crippen molar-refractivity contribution in [3.63, 3.8) is 0 Å². The van der Waals surface area contributed by atoms with Crippen LogP contribution in [0.25, 0.3) is 0 Å². The van der Waals surface area contributed by atoms with Crippen LogP contribution in [0.2, 0.25) is 0 Å². The highest BCUT2D eigenvalue weighted by atomic mass is 32.2. The van der Waals surface area contributed by atoms with Gasteiger partial charge in [0, 0.05) is 12.5 Å². The van der Waals surface area contributed by atoms with Gasteiger partial charge >= 0.3 is 12.1 Å². The van der Waals surface area contributed by atoms with Gasteiger partial charge in [0.1, 0.15) is 6.04 Å². The Bertz CT molecular complexity index is 1030. The minimum Gasteiger partial charge on any atom is -0.468 e. The van der Waals surface area contributed by atoms with Crippen LogP contribution in [0.1, 0.15) is 36.8 Å². The van der Waals surface area contributed by atoms with E-state index in [-0.39, 0.29) is 19.0 Å². The van der Waals surface area contributed by atoms with Crippen LogP contribution in [0.15, 0.2) is 35.5 Å². The predicted molar refractivity (Wildman–Crippen MR) is 96.3 cm³/mol. The van der Waals surface area contributed by atoms with Crippen LogP contribution in [0.4, 0.5) is 13.2 Å². The van der Waals surface area contributed by atoms with E-state index in [1.165, 1.54) is 0 Å². The molecular weight excluding hydrogens is 411 g/mol. The van der Waals surface area contributed by atoms with Gasteiger partial charge in [0.05, 0.1) is 41.8 Å². The number of rotatable bonds is 4. The molecule has 2 aromatic rings. The highest BCUT2D eigenvalue weighted by Gasteiger charge is 2.43. The molecule has 1 aliphatic heterocycles. The van der Waals surface area contributed by atoms with Crippen molar-refractivity contribution in [3.05, 3.63) is 47.5 Å². The molecular formula is C18H20F3N3O4S. The molecule has 1 aromatic heterocycles. The smallest absolute Gasteiger partial charge is 0.416 e. The summed E-state index contributed by atoms with van der Waals surface area (Å²) in [6, 6.07) is 2.23. The van der Waals surface area contributed by atoms with Gasteiger partial charge < -0.3 is 9.30 Å². The first-order valence-electron chi connectivity index (χ1n) is 8.78. The monoisotopic (exact) mass is 431 g/mol. The van der Waals surface area contributed by atoms with Crippen molar-refractivity contribution in [1.82, 2.24) is 13.9 Å². The zero-order valence-corrected chi connectivity index (χ0v) is 16.8. The van der Waals surface area contributed by atoms with E-state index in [0.717, 1.165) is 29.6 Å². The van der Waals surface area contributed by atoms with E-state index >= 15 is 0 Å². The highest BCUT2D eigenvalue weighted by Crippen LogP contribution is 2.34. The number of hydrogen-bond donors (Lipinski definition) is 0. The molecule has 1 aliphatic rings. The first kappa shape index (κ1) is 21.3. The number of esters is 1. The molecule has 1 aromatic carbocycles. The zero-order chi connectivity index (χ0) is 21.6. The molecule has 3 rings (SSSR count). The van der Waals surface area contributed by atoms with Crippen molar-refractivity contribution in [3.8, 4) is 0 Å². The Morgan fingerprint density at radius 1 is 1.31 bits per heavy atom. The van der Waals surface area contributed by atoms with Crippen molar-refractivity contribution in [2.24, 2.45) is 0 Å². The number of carbonyl (C=O) groups excluding carboxylic acids is 1. The van der Waals surface area contributed by atoms with Gasteiger partial charge in [-0.3, -0.25) is 4.79 Å². The first-order chi connectivity index (χ1) is 13.5. The molecule has 29 heavy (non-hydrogen) atoms. The van der Waals surface area contributed by atoms with Crippen molar-refractivity contribution in [2.75, 3.05) is 7.11 Å². The van der Waals surface area contributed by atoms with Gasteiger partial charge in [-0.05, 0) is 32.0 Å². The van der Waals surface area contributed by atoms with Crippen LogP contribution < -0.4 is 0 Å². The van der Waals surface area contributed by atoms with Gasteiger partial charge in [0.25, 0.3) is 0 Å². The highest BCUT2D eigenvalue weighted by molar-refractivity contribution is 7.89. The fourth-order valence-electron chi connectivity index (χ4n) is 3.31. The van der Waals surface area contributed by atoms with E-state index in [2.05, 4.69) is 4.98 Å². The topological polar surface area (TPSA) is 81.5 Å². The third-order valence-corrected chi connectivity index (χ3v) is 6.67. The third kappa shape index (κ3) is 3.88. The molecule has 0 bridgehead atoms. The fourth-order valence-corrected chi connectivity index (χ4v) is 4.90. The second-order valence-corrected chi connectivity index (χ2v) is 8.85. The van der Waals surface area contributed by atoms with Gasteiger partial charge in [0.15, 0.2) is 0 Å². The van der Waals surface area contributed by atoms with E-state index in [0.29, 0.717) is 17.5 Å². The van der Waals surface area contributed by atoms with E-state index in [4.69, 9.17) is 4.74 Å². The van der Waals surface area contributed by atoms with Crippen LogP contribution >= 0.6 is 0 Å². The summed E-state index contributed by atoms with van der Waals surface area (Å²) in [5.74, 6) is -0.801. The Labute approximate surface area is 166 Å². The number of imidazole rings is 1. The Kier molecular flexibility index (Phi) is 5.48. The Morgan fingerprint density at radius 2 is 2.00 bits per heavy atom. The Morgan fingerprint density at radius 3 is 2.59 bits per heavy atom. The number of methoxy groups -OCH3 is 1. The van der Waals surface area contributed by atoms with Crippen LogP contribution in [0, 0.1) is 0 Å². The molecule has 1 atom stereocenters. The average molecular weight is 431 g/mol. The third-order valence-electron chi connectivity index (χ3n) is 4.82. The number of sulfonamides is 1. The maximum Gasteiger partial charge on any atom is 0.416 e. The summed E-state index contributed by atoms with van der Waals surface area (Å²) in [6.45, 7) is 3.58. The van der Waals surface area contributed by atoms with E-state index < -0.39 is 38.7 Å². The van der Waals surface area contributed by atoms with Gasteiger partial charge in [-0.15, -0.1) is 0 Å².